The van der Waals surface area contributed by atoms with Crippen molar-refractivity contribution in [3.05, 3.63) is 11.9 Å². The molecule has 1 atom stereocenters. The SMILES string of the molecule is CCCn1ncc(OC)c1C(NC)C1CCCCC1. The first-order chi connectivity index (χ1) is 9.31. The standard InChI is InChI=1S/C15H27N3O/c1-4-10-18-15(13(19-3)11-17-18)14(16-2)12-8-6-5-7-9-12/h11-12,14,16H,4-10H2,1-3H3. The van der Waals surface area contributed by atoms with E-state index in [2.05, 4.69) is 29.1 Å². The zero-order valence-electron chi connectivity index (χ0n) is 12.5. The molecule has 4 heteroatoms. The highest BCUT2D eigenvalue weighted by molar-refractivity contribution is 5.29. The van der Waals surface area contributed by atoms with Gasteiger partial charge >= 0.3 is 0 Å². The number of rotatable bonds is 6. The minimum atomic E-state index is 0.365. The Balaban J connectivity index is 2.26. The van der Waals surface area contributed by atoms with Crippen molar-refractivity contribution in [3.8, 4) is 5.75 Å². The maximum atomic E-state index is 5.52. The number of nitrogens with zero attached hydrogens (tertiary/aromatic N) is 2. The lowest BCUT2D eigenvalue weighted by Crippen LogP contribution is -2.29. The Kier molecular flexibility index (Phi) is 5.25. The molecule has 1 fully saturated rings. The van der Waals surface area contributed by atoms with Crippen LogP contribution in [-0.4, -0.2) is 23.9 Å². The van der Waals surface area contributed by atoms with Crippen LogP contribution < -0.4 is 10.1 Å². The predicted octanol–water partition coefficient (Wildman–Crippen LogP) is 3.14. The highest BCUT2D eigenvalue weighted by atomic mass is 16.5. The van der Waals surface area contributed by atoms with E-state index >= 15 is 0 Å². The lowest BCUT2D eigenvalue weighted by Gasteiger charge is -2.31. The van der Waals surface area contributed by atoms with Gasteiger partial charge in [-0.1, -0.05) is 26.2 Å². The third kappa shape index (κ3) is 3.11. The predicted molar refractivity (Wildman–Crippen MR) is 77.4 cm³/mol. The molecular weight excluding hydrogens is 238 g/mol. The fourth-order valence-corrected chi connectivity index (χ4v) is 3.30. The average Bonchev–Trinajstić information content (AvgIpc) is 2.85. The third-order valence-corrected chi connectivity index (χ3v) is 4.23. The zero-order valence-corrected chi connectivity index (χ0v) is 12.5. The Bertz CT molecular complexity index is 383. The van der Waals surface area contributed by atoms with Crippen LogP contribution in [0.5, 0.6) is 5.75 Å². The summed E-state index contributed by atoms with van der Waals surface area (Å²) >= 11 is 0. The molecule has 0 spiro atoms. The fourth-order valence-electron chi connectivity index (χ4n) is 3.30. The van der Waals surface area contributed by atoms with Gasteiger partial charge in [-0.15, -0.1) is 0 Å². The molecule has 0 radical (unpaired) electrons. The van der Waals surface area contributed by atoms with Crippen molar-refractivity contribution in [1.29, 1.82) is 0 Å². The van der Waals surface area contributed by atoms with Crippen LogP contribution in [0.3, 0.4) is 0 Å². The molecule has 1 N–H and O–H groups in total. The van der Waals surface area contributed by atoms with Gasteiger partial charge in [-0.2, -0.15) is 5.10 Å². The van der Waals surface area contributed by atoms with Crippen LogP contribution >= 0.6 is 0 Å². The largest absolute Gasteiger partial charge is 0.493 e. The number of nitrogens with one attached hydrogen (secondary N) is 1. The first-order valence-electron chi connectivity index (χ1n) is 7.58. The van der Waals surface area contributed by atoms with E-state index in [-0.39, 0.29) is 0 Å². The highest BCUT2D eigenvalue weighted by Crippen LogP contribution is 2.37. The molecule has 0 aliphatic heterocycles. The normalized spacial score (nSPS) is 18.5. The first-order valence-corrected chi connectivity index (χ1v) is 7.58. The molecule has 0 saturated heterocycles. The van der Waals surface area contributed by atoms with Crippen LogP contribution in [-0.2, 0) is 6.54 Å². The summed E-state index contributed by atoms with van der Waals surface area (Å²) in [7, 11) is 3.80. The van der Waals surface area contributed by atoms with Gasteiger partial charge in [0.25, 0.3) is 0 Å². The molecule has 19 heavy (non-hydrogen) atoms. The number of hydrogen-bond donors (Lipinski definition) is 1. The average molecular weight is 265 g/mol. The second kappa shape index (κ2) is 6.94. The van der Waals surface area contributed by atoms with E-state index in [0.717, 1.165) is 18.7 Å². The second-order valence-electron chi connectivity index (χ2n) is 5.49. The molecular formula is C15H27N3O. The molecule has 108 valence electrons. The van der Waals surface area contributed by atoms with Crippen LogP contribution in [0.2, 0.25) is 0 Å². The Labute approximate surface area is 116 Å². The lowest BCUT2D eigenvalue weighted by atomic mass is 9.82. The molecule has 2 rings (SSSR count). The van der Waals surface area contributed by atoms with Crippen LogP contribution in [0.4, 0.5) is 0 Å². The summed E-state index contributed by atoms with van der Waals surface area (Å²) in [5, 5.41) is 8.00. The van der Waals surface area contributed by atoms with Crippen molar-refractivity contribution < 1.29 is 4.74 Å². The van der Waals surface area contributed by atoms with Gasteiger partial charge in [-0.25, -0.2) is 0 Å². The van der Waals surface area contributed by atoms with E-state index in [0.29, 0.717) is 12.0 Å². The van der Waals surface area contributed by atoms with Crippen molar-refractivity contribution in [1.82, 2.24) is 15.1 Å². The quantitative estimate of drug-likeness (QED) is 0.859. The van der Waals surface area contributed by atoms with Gasteiger partial charge in [0.2, 0.25) is 0 Å². The molecule has 1 heterocycles. The van der Waals surface area contributed by atoms with Crippen molar-refractivity contribution >= 4 is 0 Å². The Hall–Kier alpha value is -1.03. The summed E-state index contributed by atoms with van der Waals surface area (Å²) < 4.78 is 7.64. The molecule has 1 saturated carbocycles. The molecule has 1 unspecified atom stereocenters. The summed E-state index contributed by atoms with van der Waals surface area (Å²) in [6.45, 7) is 3.15. The summed E-state index contributed by atoms with van der Waals surface area (Å²) in [4.78, 5) is 0. The van der Waals surface area contributed by atoms with E-state index in [4.69, 9.17) is 4.74 Å². The van der Waals surface area contributed by atoms with Crippen LogP contribution in [0, 0.1) is 5.92 Å². The monoisotopic (exact) mass is 265 g/mol. The minimum absolute atomic E-state index is 0.365. The number of aryl methyl sites for hydroxylation is 1. The molecule has 4 nitrogen and oxygen atoms in total. The maximum Gasteiger partial charge on any atom is 0.161 e. The summed E-state index contributed by atoms with van der Waals surface area (Å²) in [6.07, 6.45) is 9.67. The number of aromatic nitrogens is 2. The van der Waals surface area contributed by atoms with Crippen LogP contribution in [0.15, 0.2) is 6.20 Å². The van der Waals surface area contributed by atoms with Gasteiger partial charge in [0, 0.05) is 6.54 Å². The van der Waals surface area contributed by atoms with E-state index in [1.807, 2.05) is 6.20 Å². The lowest BCUT2D eigenvalue weighted by molar-refractivity contribution is 0.264. The van der Waals surface area contributed by atoms with Crippen molar-refractivity contribution in [2.45, 2.75) is 58.0 Å². The molecule has 0 bridgehead atoms. The van der Waals surface area contributed by atoms with E-state index in [9.17, 15) is 0 Å². The topological polar surface area (TPSA) is 39.1 Å². The Morgan fingerprint density at radius 1 is 1.42 bits per heavy atom. The smallest absolute Gasteiger partial charge is 0.161 e. The molecule has 1 aliphatic rings. The summed E-state index contributed by atoms with van der Waals surface area (Å²) in [5.74, 6) is 1.64. The van der Waals surface area contributed by atoms with Gasteiger partial charge in [0.05, 0.1) is 25.0 Å². The minimum Gasteiger partial charge on any atom is -0.493 e. The summed E-state index contributed by atoms with van der Waals surface area (Å²) in [6, 6.07) is 0.365. The van der Waals surface area contributed by atoms with E-state index < -0.39 is 0 Å². The van der Waals surface area contributed by atoms with Gasteiger partial charge in [-0.05, 0) is 32.2 Å². The van der Waals surface area contributed by atoms with Crippen molar-refractivity contribution in [3.63, 3.8) is 0 Å². The van der Waals surface area contributed by atoms with Crippen molar-refractivity contribution in [2.75, 3.05) is 14.2 Å². The van der Waals surface area contributed by atoms with E-state index in [1.54, 1.807) is 7.11 Å². The number of methoxy groups -OCH3 is 1. The third-order valence-electron chi connectivity index (χ3n) is 4.23. The van der Waals surface area contributed by atoms with Crippen LogP contribution in [0.25, 0.3) is 0 Å². The Morgan fingerprint density at radius 3 is 2.74 bits per heavy atom. The van der Waals surface area contributed by atoms with Crippen LogP contribution in [0.1, 0.15) is 57.2 Å². The van der Waals surface area contributed by atoms with Gasteiger partial charge < -0.3 is 10.1 Å². The van der Waals surface area contributed by atoms with Gasteiger partial charge in [-0.3, -0.25) is 4.68 Å². The fraction of sp³-hybridized carbons (Fsp3) is 0.800. The molecule has 0 aromatic carbocycles. The summed E-state index contributed by atoms with van der Waals surface area (Å²) in [5.41, 5.74) is 1.23. The van der Waals surface area contributed by atoms with Gasteiger partial charge in [0.15, 0.2) is 5.75 Å². The van der Waals surface area contributed by atoms with Crippen molar-refractivity contribution in [2.24, 2.45) is 5.92 Å². The maximum absolute atomic E-state index is 5.52. The highest BCUT2D eigenvalue weighted by Gasteiger charge is 2.29. The number of ether oxygens (including phenoxy) is 1. The van der Waals surface area contributed by atoms with Gasteiger partial charge in [0.1, 0.15) is 0 Å². The van der Waals surface area contributed by atoms with E-state index in [1.165, 1.54) is 37.8 Å². The Morgan fingerprint density at radius 2 is 2.16 bits per heavy atom. The second-order valence-corrected chi connectivity index (χ2v) is 5.49. The molecule has 1 aromatic heterocycles. The number of hydrogen-bond acceptors (Lipinski definition) is 3. The molecule has 1 aliphatic carbocycles. The first kappa shape index (κ1) is 14.4. The zero-order chi connectivity index (χ0) is 13.7. The molecule has 0 amide bonds. The molecule has 1 aromatic rings.